The van der Waals surface area contributed by atoms with Gasteiger partial charge in [0.15, 0.2) is 11.5 Å². The molecule has 4 aromatic rings. The Labute approximate surface area is 156 Å². The molecule has 0 aliphatic carbocycles. The number of hydrogen-bond donors (Lipinski definition) is 2. The van der Waals surface area contributed by atoms with Crippen molar-refractivity contribution in [3.05, 3.63) is 47.3 Å². The fourth-order valence-corrected chi connectivity index (χ4v) is 3.35. The number of rotatable bonds is 5. The summed E-state index contributed by atoms with van der Waals surface area (Å²) >= 11 is 0. The highest BCUT2D eigenvalue weighted by molar-refractivity contribution is 5.91. The topological polar surface area (TPSA) is 112 Å². The third-order valence-electron chi connectivity index (χ3n) is 4.67. The van der Waals surface area contributed by atoms with E-state index in [2.05, 4.69) is 38.4 Å². The molecule has 3 N–H and O–H groups in total. The maximum atomic E-state index is 9.18. The van der Waals surface area contributed by atoms with Crippen molar-refractivity contribution in [1.29, 1.82) is 5.26 Å². The van der Waals surface area contributed by atoms with E-state index in [-0.39, 0.29) is 5.82 Å². The highest BCUT2D eigenvalue weighted by Gasteiger charge is 2.14. The van der Waals surface area contributed by atoms with E-state index in [9.17, 15) is 5.26 Å². The van der Waals surface area contributed by atoms with E-state index in [0.717, 1.165) is 46.7 Å². The van der Waals surface area contributed by atoms with Gasteiger partial charge in [-0.05, 0) is 31.9 Å². The number of nitrogens with zero attached hydrogens (tertiary/aromatic N) is 6. The second-order valence-corrected chi connectivity index (χ2v) is 6.61. The van der Waals surface area contributed by atoms with E-state index in [1.807, 2.05) is 36.7 Å². The molecule has 0 atom stereocenters. The molecule has 4 rings (SSSR count). The van der Waals surface area contributed by atoms with E-state index in [1.165, 1.54) is 0 Å². The molecule has 0 saturated heterocycles. The highest BCUT2D eigenvalue weighted by Crippen LogP contribution is 2.26. The van der Waals surface area contributed by atoms with Crippen LogP contribution >= 0.6 is 0 Å². The van der Waals surface area contributed by atoms with Crippen molar-refractivity contribution < 1.29 is 0 Å². The number of nitrogens with one attached hydrogen (secondary N) is 1. The van der Waals surface area contributed by atoms with Gasteiger partial charge >= 0.3 is 0 Å². The largest absolute Gasteiger partial charge is 0.381 e. The first-order valence-corrected chi connectivity index (χ1v) is 8.77. The van der Waals surface area contributed by atoms with E-state index >= 15 is 0 Å². The minimum Gasteiger partial charge on any atom is -0.381 e. The van der Waals surface area contributed by atoms with Crippen molar-refractivity contribution in [2.45, 2.75) is 19.8 Å². The van der Waals surface area contributed by atoms with Gasteiger partial charge in [-0.15, -0.1) is 0 Å². The number of aromatic nitrogens is 5. The molecule has 27 heavy (non-hydrogen) atoms. The molecule has 0 radical (unpaired) electrons. The van der Waals surface area contributed by atoms with E-state index in [0.29, 0.717) is 12.0 Å². The molecule has 0 spiro atoms. The van der Waals surface area contributed by atoms with Gasteiger partial charge in [-0.3, -0.25) is 5.10 Å². The smallest absolute Gasteiger partial charge is 0.163 e. The molecule has 0 unspecified atom stereocenters. The third kappa shape index (κ3) is 2.93. The standard InChI is InChI=1S/C19H20N8/c1-12-10-17-22-19(13-6-3-4-8-16(13)27(17)25-12)26(2)9-5-7-15-14(11-20)18(21)24-23-15/h3-4,6,8,10H,5,7,9H2,1-2H3,(H3,21,23,24). The van der Waals surface area contributed by atoms with Gasteiger partial charge in [0.25, 0.3) is 0 Å². The maximum absolute atomic E-state index is 9.18. The number of aryl methyl sites for hydroxylation is 2. The minimum absolute atomic E-state index is 0.259. The highest BCUT2D eigenvalue weighted by atomic mass is 15.3. The van der Waals surface area contributed by atoms with Crippen LogP contribution in [-0.4, -0.2) is 38.4 Å². The summed E-state index contributed by atoms with van der Waals surface area (Å²) in [6.07, 6.45) is 1.54. The van der Waals surface area contributed by atoms with Gasteiger partial charge in [-0.1, -0.05) is 12.1 Å². The summed E-state index contributed by atoms with van der Waals surface area (Å²) in [4.78, 5) is 6.96. The lowest BCUT2D eigenvalue weighted by Crippen LogP contribution is -2.21. The average Bonchev–Trinajstić information content (AvgIpc) is 3.22. The molecule has 3 heterocycles. The number of para-hydroxylation sites is 1. The molecular weight excluding hydrogens is 340 g/mol. The van der Waals surface area contributed by atoms with Crippen LogP contribution in [0.5, 0.6) is 0 Å². The fraction of sp³-hybridized carbons (Fsp3) is 0.263. The number of nitriles is 1. The van der Waals surface area contributed by atoms with Crippen LogP contribution in [0, 0.1) is 18.3 Å². The first kappa shape index (κ1) is 16.8. The molecule has 3 aromatic heterocycles. The van der Waals surface area contributed by atoms with Gasteiger partial charge < -0.3 is 10.6 Å². The Morgan fingerprint density at radius 1 is 1.33 bits per heavy atom. The molecule has 0 amide bonds. The molecule has 136 valence electrons. The van der Waals surface area contributed by atoms with Crippen LogP contribution < -0.4 is 10.6 Å². The zero-order chi connectivity index (χ0) is 19.0. The summed E-state index contributed by atoms with van der Waals surface area (Å²) < 4.78 is 1.88. The molecule has 0 aliphatic rings. The van der Waals surface area contributed by atoms with Crippen LogP contribution in [0.4, 0.5) is 11.6 Å². The van der Waals surface area contributed by atoms with Crippen molar-refractivity contribution in [1.82, 2.24) is 24.8 Å². The molecule has 8 nitrogen and oxygen atoms in total. The molecule has 0 bridgehead atoms. The number of nitrogen functional groups attached to an aromatic ring is 1. The second-order valence-electron chi connectivity index (χ2n) is 6.61. The number of benzene rings is 1. The number of fused-ring (bicyclic) bond motifs is 3. The molecular formula is C19H20N8. The van der Waals surface area contributed by atoms with Crippen LogP contribution in [0.2, 0.25) is 0 Å². The number of H-pyrrole nitrogens is 1. The first-order valence-electron chi connectivity index (χ1n) is 8.77. The number of nitrogens with two attached hydrogens (primary N) is 1. The van der Waals surface area contributed by atoms with Gasteiger partial charge in [0, 0.05) is 25.0 Å². The first-order chi connectivity index (χ1) is 13.1. The molecule has 0 saturated carbocycles. The number of aromatic amines is 1. The minimum atomic E-state index is 0.259. The Bertz CT molecular complexity index is 1160. The van der Waals surface area contributed by atoms with Crippen LogP contribution in [0.1, 0.15) is 23.4 Å². The maximum Gasteiger partial charge on any atom is 0.163 e. The Morgan fingerprint density at radius 3 is 2.96 bits per heavy atom. The lowest BCUT2D eigenvalue weighted by molar-refractivity contribution is 0.761. The van der Waals surface area contributed by atoms with Gasteiger partial charge in [0.1, 0.15) is 17.5 Å². The van der Waals surface area contributed by atoms with Crippen LogP contribution in [0.15, 0.2) is 30.3 Å². The van der Waals surface area contributed by atoms with Gasteiger partial charge in [0.05, 0.1) is 16.9 Å². The zero-order valence-corrected chi connectivity index (χ0v) is 15.3. The normalized spacial score (nSPS) is 11.1. The Balaban J connectivity index is 1.60. The Kier molecular flexibility index (Phi) is 4.12. The van der Waals surface area contributed by atoms with Crippen molar-refractivity contribution in [3.63, 3.8) is 0 Å². The lowest BCUT2D eigenvalue weighted by Gasteiger charge is -2.20. The van der Waals surface area contributed by atoms with Crippen molar-refractivity contribution in [2.75, 3.05) is 24.2 Å². The van der Waals surface area contributed by atoms with Crippen LogP contribution in [-0.2, 0) is 6.42 Å². The van der Waals surface area contributed by atoms with Gasteiger partial charge in [-0.2, -0.15) is 15.5 Å². The van der Waals surface area contributed by atoms with E-state index < -0.39 is 0 Å². The monoisotopic (exact) mass is 360 g/mol. The molecule has 8 heteroatoms. The van der Waals surface area contributed by atoms with Crippen molar-refractivity contribution in [2.24, 2.45) is 0 Å². The number of anilines is 2. The zero-order valence-electron chi connectivity index (χ0n) is 15.3. The molecule has 1 aromatic carbocycles. The molecule has 0 fully saturated rings. The summed E-state index contributed by atoms with van der Waals surface area (Å²) in [5.41, 5.74) is 9.73. The summed E-state index contributed by atoms with van der Waals surface area (Å²) in [5.74, 6) is 1.18. The predicted octanol–water partition coefficient (Wildman–Crippen LogP) is 2.44. The Morgan fingerprint density at radius 2 is 2.15 bits per heavy atom. The van der Waals surface area contributed by atoms with Gasteiger partial charge in [-0.25, -0.2) is 9.50 Å². The summed E-state index contributed by atoms with van der Waals surface area (Å²) in [6.45, 7) is 2.75. The van der Waals surface area contributed by atoms with Crippen molar-refractivity contribution in [3.8, 4) is 6.07 Å². The average molecular weight is 360 g/mol. The van der Waals surface area contributed by atoms with Crippen molar-refractivity contribution >= 4 is 28.2 Å². The van der Waals surface area contributed by atoms with Crippen LogP contribution in [0.25, 0.3) is 16.6 Å². The quantitative estimate of drug-likeness (QED) is 0.565. The lowest BCUT2D eigenvalue weighted by atomic mass is 10.1. The van der Waals surface area contributed by atoms with E-state index in [4.69, 9.17) is 10.7 Å². The predicted molar refractivity (Wildman–Crippen MR) is 105 cm³/mol. The summed E-state index contributed by atoms with van der Waals surface area (Å²) in [6, 6.07) is 12.2. The summed E-state index contributed by atoms with van der Waals surface area (Å²) in [7, 11) is 2.03. The van der Waals surface area contributed by atoms with Crippen LogP contribution in [0.3, 0.4) is 0 Å². The van der Waals surface area contributed by atoms with Gasteiger partial charge in [0.2, 0.25) is 0 Å². The Hall–Kier alpha value is -3.60. The summed E-state index contributed by atoms with van der Waals surface area (Å²) in [5, 5.41) is 21.5. The van der Waals surface area contributed by atoms with E-state index in [1.54, 1.807) is 0 Å². The fourth-order valence-electron chi connectivity index (χ4n) is 3.35. The number of hydrogen-bond acceptors (Lipinski definition) is 6. The second kappa shape index (κ2) is 6.61. The molecule has 0 aliphatic heterocycles. The SMILES string of the molecule is Cc1cc2nc(N(C)CCCc3[nH]nc(N)c3C#N)c3ccccc3n2n1. The third-order valence-corrected chi connectivity index (χ3v) is 4.67.